The summed E-state index contributed by atoms with van der Waals surface area (Å²) in [7, 11) is 0. The Morgan fingerprint density at radius 3 is 2.74 bits per heavy atom. The number of nitrogens with zero attached hydrogens (tertiary/aromatic N) is 2. The van der Waals surface area contributed by atoms with Crippen LogP contribution in [0.5, 0.6) is 0 Å². The van der Waals surface area contributed by atoms with E-state index in [1.807, 2.05) is 0 Å². The molecule has 1 aromatic carbocycles. The smallest absolute Gasteiger partial charge is 0.271 e. The zero-order valence-electron chi connectivity index (χ0n) is 18.8. The number of hydrogen-bond donors (Lipinski definition) is 5. The molecule has 2 aliphatic rings. The topological polar surface area (TPSA) is 142 Å². The number of amidine groups is 2. The fourth-order valence-electron chi connectivity index (χ4n) is 4.82. The van der Waals surface area contributed by atoms with Gasteiger partial charge in [-0.25, -0.2) is 8.78 Å². The Kier molecular flexibility index (Phi) is 6.22. The number of carbonyl (C=O) groups excluding carboxylic acids is 1. The molecule has 180 valence electrons. The largest absolute Gasteiger partial charge is 0.370 e. The van der Waals surface area contributed by atoms with Crippen LogP contribution in [-0.4, -0.2) is 58.0 Å². The van der Waals surface area contributed by atoms with Crippen LogP contribution in [0.4, 0.5) is 14.5 Å². The number of amides is 1. The monoisotopic (exact) mass is 471 g/mol. The molecule has 0 bridgehead atoms. The van der Waals surface area contributed by atoms with E-state index in [0.29, 0.717) is 37.1 Å². The quantitative estimate of drug-likeness (QED) is 0.334. The Morgan fingerprint density at radius 1 is 1.32 bits per heavy atom. The molecule has 2 atom stereocenters. The third kappa shape index (κ3) is 4.18. The van der Waals surface area contributed by atoms with E-state index in [1.165, 1.54) is 16.0 Å². The molecule has 1 amide bonds. The molecule has 1 aliphatic heterocycles. The standard InChI is InChI=1S/C23H27F2N7O2/c1-13(26)32-8-7-31(12-20(32)28)21(33)11-19(27)23(30-18-3-2-6-29-22(18)34)5-4-14-9-16(24)17(25)10-15(14)23/h2-3,6,9-10,19,26,28,30H,4-5,7-8,11-12,27H2,1H3,(H,29,34). The van der Waals surface area contributed by atoms with E-state index in [0.717, 1.165) is 12.1 Å². The van der Waals surface area contributed by atoms with Crippen LogP contribution in [0.15, 0.2) is 35.3 Å². The SMILES string of the molecule is CC(=N)N1CCN(C(=O)CC(N)C2(Nc3ccc[nH]c3=O)CCc3cc(F)c(F)cc32)CC1=N. The second kappa shape index (κ2) is 8.98. The molecule has 2 unspecified atom stereocenters. The number of fused-ring (bicyclic) bond motifs is 1. The van der Waals surface area contributed by atoms with Gasteiger partial charge >= 0.3 is 0 Å². The minimum Gasteiger partial charge on any atom is -0.370 e. The van der Waals surface area contributed by atoms with Crippen LogP contribution in [0, 0.1) is 22.5 Å². The van der Waals surface area contributed by atoms with Crippen LogP contribution in [0.2, 0.25) is 0 Å². The molecule has 0 radical (unpaired) electrons. The Morgan fingerprint density at radius 2 is 2.06 bits per heavy atom. The molecule has 1 fully saturated rings. The van der Waals surface area contributed by atoms with Gasteiger partial charge in [0.05, 0.1) is 17.9 Å². The number of piperazine rings is 1. The normalized spacial score (nSPS) is 20.8. The fourth-order valence-corrected chi connectivity index (χ4v) is 4.82. The molecular formula is C23H27F2N7O2. The average molecular weight is 472 g/mol. The first kappa shape index (κ1) is 23.6. The van der Waals surface area contributed by atoms with E-state index in [1.54, 1.807) is 19.1 Å². The van der Waals surface area contributed by atoms with Crippen molar-refractivity contribution in [1.82, 2.24) is 14.8 Å². The van der Waals surface area contributed by atoms with Gasteiger partial charge in [-0.15, -0.1) is 0 Å². The molecule has 0 spiro atoms. The third-order valence-electron chi connectivity index (χ3n) is 6.64. The number of aromatic amines is 1. The summed E-state index contributed by atoms with van der Waals surface area (Å²) in [6.45, 7) is 2.31. The third-order valence-corrected chi connectivity index (χ3v) is 6.64. The van der Waals surface area contributed by atoms with Crippen molar-refractivity contribution >= 4 is 23.3 Å². The first-order valence-corrected chi connectivity index (χ1v) is 11.0. The van der Waals surface area contributed by atoms with E-state index in [2.05, 4.69) is 10.3 Å². The number of aromatic nitrogens is 1. The van der Waals surface area contributed by atoms with Crippen LogP contribution in [-0.2, 0) is 16.8 Å². The van der Waals surface area contributed by atoms with Crippen LogP contribution in [0.3, 0.4) is 0 Å². The lowest BCUT2D eigenvalue weighted by Gasteiger charge is -2.40. The number of pyridine rings is 1. The van der Waals surface area contributed by atoms with Crippen molar-refractivity contribution < 1.29 is 13.6 Å². The lowest BCUT2D eigenvalue weighted by atomic mass is 9.82. The zero-order valence-corrected chi connectivity index (χ0v) is 18.8. The summed E-state index contributed by atoms with van der Waals surface area (Å²) < 4.78 is 28.2. The van der Waals surface area contributed by atoms with E-state index in [9.17, 15) is 18.4 Å². The van der Waals surface area contributed by atoms with Crippen LogP contribution >= 0.6 is 0 Å². The molecule has 4 rings (SSSR count). The lowest BCUT2D eigenvalue weighted by molar-refractivity contribution is -0.131. The summed E-state index contributed by atoms with van der Waals surface area (Å²) in [6, 6.07) is 4.55. The zero-order chi connectivity index (χ0) is 24.6. The molecule has 6 N–H and O–H groups in total. The number of aryl methyl sites for hydroxylation is 1. The van der Waals surface area contributed by atoms with Gasteiger partial charge in [0, 0.05) is 31.7 Å². The van der Waals surface area contributed by atoms with E-state index >= 15 is 0 Å². The average Bonchev–Trinajstić information content (AvgIpc) is 3.13. The van der Waals surface area contributed by atoms with E-state index < -0.39 is 28.8 Å². The number of H-pyrrole nitrogens is 1. The highest BCUT2D eigenvalue weighted by Gasteiger charge is 2.46. The molecule has 2 aromatic rings. The number of carbonyl (C=O) groups is 1. The minimum atomic E-state index is -1.17. The molecule has 1 saturated heterocycles. The maximum Gasteiger partial charge on any atom is 0.271 e. The molecule has 0 saturated carbocycles. The Balaban J connectivity index is 1.63. The van der Waals surface area contributed by atoms with Gasteiger partial charge in [0.15, 0.2) is 11.6 Å². The summed E-state index contributed by atoms with van der Waals surface area (Å²) in [6.07, 6.45) is 2.08. The van der Waals surface area contributed by atoms with Crippen LogP contribution in [0.25, 0.3) is 0 Å². The van der Waals surface area contributed by atoms with Gasteiger partial charge in [-0.1, -0.05) is 0 Å². The van der Waals surface area contributed by atoms with Gasteiger partial charge in [0.2, 0.25) is 5.91 Å². The molecule has 11 heteroatoms. The Bertz CT molecular complexity index is 1210. The predicted molar refractivity (Wildman–Crippen MR) is 124 cm³/mol. The van der Waals surface area contributed by atoms with Crippen molar-refractivity contribution in [2.45, 2.75) is 37.8 Å². The second-order valence-corrected chi connectivity index (χ2v) is 8.74. The summed E-state index contributed by atoms with van der Waals surface area (Å²) in [5.74, 6) is -1.90. The van der Waals surface area contributed by atoms with Gasteiger partial charge in [-0.05, 0) is 55.2 Å². The number of hydrogen-bond acceptors (Lipinski definition) is 6. The first-order chi connectivity index (χ1) is 16.1. The highest BCUT2D eigenvalue weighted by atomic mass is 19.2. The molecule has 2 heterocycles. The fraction of sp³-hybridized carbons (Fsp3) is 0.391. The van der Waals surface area contributed by atoms with Gasteiger partial charge in [-0.3, -0.25) is 20.4 Å². The van der Waals surface area contributed by atoms with Crippen molar-refractivity contribution in [3.05, 3.63) is 63.6 Å². The molecule has 1 aromatic heterocycles. The van der Waals surface area contributed by atoms with Crippen LogP contribution in [0.1, 0.15) is 30.9 Å². The van der Waals surface area contributed by atoms with Crippen LogP contribution < -0.4 is 16.6 Å². The molecule has 34 heavy (non-hydrogen) atoms. The highest BCUT2D eigenvalue weighted by Crippen LogP contribution is 2.43. The Hall–Kier alpha value is -3.60. The van der Waals surface area contributed by atoms with Crippen molar-refractivity contribution in [3.8, 4) is 0 Å². The van der Waals surface area contributed by atoms with Gasteiger partial charge in [0.25, 0.3) is 5.56 Å². The molecule has 1 aliphatic carbocycles. The minimum absolute atomic E-state index is 0.0526. The number of nitrogens with two attached hydrogens (primary N) is 1. The number of benzene rings is 1. The lowest BCUT2D eigenvalue weighted by Crippen LogP contribution is -2.56. The maximum atomic E-state index is 14.3. The second-order valence-electron chi connectivity index (χ2n) is 8.74. The van der Waals surface area contributed by atoms with Crippen molar-refractivity contribution in [2.24, 2.45) is 5.73 Å². The number of nitrogens with one attached hydrogen (secondary N) is 4. The first-order valence-electron chi connectivity index (χ1n) is 11.0. The Labute approximate surface area is 195 Å². The number of rotatable bonds is 5. The predicted octanol–water partition coefficient (Wildman–Crippen LogP) is 1.74. The van der Waals surface area contributed by atoms with Crippen molar-refractivity contribution in [1.29, 1.82) is 10.8 Å². The maximum absolute atomic E-state index is 14.3. The van der Waals surface area contributed by atoms with Crippen molar-refractivity contribution in [3.63, 3.8) is 0 Å². The molecule has 9 nitrogen and oxygen atoms in total. The highest BCUT2D eigenvalue weighted by molar-refractivity contribution is 6.00. The van der Waals surface area contributed by atoms with E-state index in [4.69, 9.17) is 16.6 Å². The van der Waals surface area contributed by atoms with Gasteiger partial charge < -0.3 is 25.8 Å². The molecular weight excluding hydrogens is 444 g/mol. The summed E-state index contributed by atoms with van der Waals surface area (Å²) in [4.78, 5) is 31.1. The summed E-state index contributed by atoms with van der Waals surface area (Å²) >= 11 is 0. The van der Waals surface area contributed by atoms with Gasteiger partial charge in [-0.2, -0.15) is 0 Å². The summed E-state index contributed by atoms with van der Waals surface area (Å²) in [5.41, 5.74) is 6.22. The summed E-state index contributed by atoms with van der Waals surface area (Å²) in [5, 5.41) is 19.0. The number of anilines is 1. The van der Waals surface area contributed by atoms with E-state index in [-0.39, 0.29) is 36.2 Å². The number of halogens is 2. The van der Waals surface area contributed by atoms with Gasteiger partial charge in [0.1, 0.15) is 11.5 Å². The van der Waals surface area contributed by atoms with Crippen molar-refractivity contribution in [2.75, 3.05) is 25.0 Å².